The summed E-state index contributed by atoms with van der Waals surface area (Å²) in [5, 5.41) is 12.7. The number of morpholine rings is 1. The Balaban J connectivity index is 1.38. The van der Waals surface area contributed by atoms with Gasteiger partial charge in [-0.05, 0) is 50.2 Å². The van der Waals surface area contributed by atoms with E-state index in [1.165, 1.54) is 6.07 Å². The van der Waals surface area contributed by atoms with Crippen LogP contribution in [0.15, 0.2) is 46.9 Å². The molecule has 0 aliphatic carbocycles. The molecule has 1 saturated heterocycles. The average molecular weight is 429 g/mol. The van der Waals surface area contributed by atoms with Gasteiger partial charge in [0.25, 0.3) is 0 Å². The molecule has 0 radical (unpaired) electrons. The molecule has 31 heavy (non-hydrogen) atoms. The van der Waals surface area contributed by atoms with E-state index in [-0.39, 0.29) is 29.8 Å². The van der Waals surface area contributed by atoms with E-state index in [9.17, 15) is 13.6 Å². The minimum atomic E-state index is -1.02. The minimum Gasteiger partial charge on any atom is -0.399 e. The highest BCUT2D eigenvalue weighted by molar-refractivity contribution is 6.01. The van der Waals surface area contributed by atoms with E-state index in [1.807, 2.05) is 26.0 Å². The highest BCUT2D eigenvalue weighted by atomic mass is 19.2. The lowest BCUT2D eigenvalue weighted by atomic mass is 10.2. The second kappa shape index (κ2) is 8.68. The van der Waals surface area contributed by atoms with Crippen molar-refractivity contribution in [1.29, 1.82) is 0 Å². The first kappa shape index (κ1) is 20.7. The number of nitrogens with zero attached hydrogens (tertiary/aromatic N) is 3. The molecule has 162 valence electrons. The molecule has 2 N–H and O–H groups in total. The number of benzene rings is 2. The van der Waals surface area contributed by atoms with Gasteiger partial charge < -0.3 is 24.7 Å². The van der Waals surface area contributed by atoms with E-state index < -0.39 is 17.5 Å². The maximum absolute atomic E-state index is 13.3. The topological polar surface area (TPSA) is 92.5 Å². The lowest BCUT2D eigenvalue weighted by molar-refractivity contribution is -0.00521. The monoisotopic (exact) mass is 429 g/mol. The Hall–Kier alpha value is -3.53. The zero-order chi connectivity index (χ0) is 22.0. The van der Waals surface area contributed by atoms with Crippen molar-refractivity contribution in [2.75, 3.05) is 28.6 Å². The van der Waals surface area contributed by atoms with Crippen LogP contribution in [0, 0.1) is 11.6 Å². The molecule has 2 aromatic carbocycles. The van der Waals surface area contributed by atoms with Gasteiger partial charge in [0.2, 0.25) is 0 Å². The fourth-order valence-electron chi connectivity index (χ4n) is 3.39. The molecule has 8 nitrogen and oxygen atoms in total. The van der Waals surface area contributed by atoms with E-state index in [0.717, 1.165) is 30.9 Å². The van der Waals surface area contributed by atoms with Crippen LogP contribution in [0.25, 0.3) is 0 Å². The zero-order valence-corrected chi connectivity index (χ0v) is 16.9. The van der Waals surface area contributed by atoms with Crippen LogP contribution in [0.1, 0.15) is 24.5 Å². The molecule has 2 heterocycles. The first-order valence-electron chi connectivity index (χ1n) is 9.75. The van der Waals surface area contributed by atoms with Crippen molar-refractivity contribution in [3.05, 3.63) is 60.0 Å². The summed E-state index contributed by atoms with van der Waals surface area (Å²) in [5.41, 5.74) is 1.81. The summed E-state index contributed by atoms with van der Waals surface area (Å²) in [7, 11) is 0. The fraction of sp³-hybridized carbons (Fsp3) is 0.286. The second-order valence-corrected chi connectivity index (χ2v) is 7.33. The van der Waals surface area contributed by atoms with Crippen molar-refractivity contribution in [3.8, 4) is 0 Å². The molecule has 2 unspecified atom stereocenters. The van der Waals surface area contributed by atoms with Gasteiger partial charge in [-0.1, -0.05) is 5.10 Å². The average Bonchev–Trinajstić information content (AvgIpc) is 3.19. The number of carbonyl (C=O) groups excluding carboxylic acids is 1. The molecule has 3 aromatic rings. The largest absolute Gasteiger partial charge is 0.399 e. The third-order valence-corrected chi connectivity index (χ3v) is 4.70. The number of rotatable bonds is 5. The molecule has 4 rings (SSSR count). The molecule has 1 fully saturated rings. The van der Waals surface area contributed by atoms with E-state index in [1.54, 1.807) is 12.1 Å². The van der Waals surface area contributed by atoms with Crippen molar-refractivity contribution >= 4 is 29.0 Å². The van der Waals surface area contributed by atoms with Gasteiger partial charge in [0.15, 0.2) is 11.6 Å². The van der Waals surface area contributed by atoms with Gasteiger partial charge in [-0.15, -0.1) is 5.10 Å². The molecule has 2 atom stereocenters. The number of aromatic nitrogens is 2. The molecule has 1 aliphatic rings. The summed E-state index contributed by atoms with van der Waals surface area (Å²) in [5.74, 6) is -2.86. The van der Waals surface area contributed by atoms with Crippen LogP contribution in [0.3, 0.4) is 0 Å². The maximum Gasteiger partial charge on any atom is 0.320 e. The Kier molecular flexibility index (Phi) is 5.81. The Morgan fingerprint density at radius 1 is 1.00 bits per heavy atom. The van der Waals surface area contributed by atoms with Crippen LogP contribution in [0.4, 0.5) is 31.9 Å². The predicted octanol–water partition coefficient (Wildman–Crippen LogP) is 3.96. The second-order valence-electron chi connectivity index (χ2n) is 7.33. The first-order chi connectivity index (χ1) is 14.9. The summed E-state index contributed by atoms with van der Waals surface area (Å²) >= 11 is 0. The van der Waals surface area contributed by atoms with Crippen LogP contribution >= 0.6 is 0 Å². The van der Waals surface area contributed by atoms with Gasteiger partial charge >= 0.3 is 17.8 Å². The predicted molar refractivity (Wildman–Crippen MR) is 111 cm³/mol. The van der Waals surface area contributed by atoms with Gasteiger partial charge in [0.05, 0.1) is 12.2 Å². The third kappa shape index (κ3) is 4.97. The van der Waals surface area contributed by atoms with Crippen LogP contribution < -0.4 is 15.5 Å². The van der Waals surface area contributed by atoms with E-state index >= 15 is 0 Å². The van der Waals surface area contributed by atoms with Crippen molar-refractivity contribution < 1.29 is 22.7 Å². The van der Waals surface area contributed by atoms with E-state index in [2.05, 4.69) is 25.7 Å². The molecule has 0 spiro atoms. The van der Waals surface area contributed by atoms with Crippen LogP contribution in [0.2, 0.25) is 0 Å². The SMILES string of the molecule is CC1CN(c2ccc(NC(=O)c3nnc(Nc4ccc(F)c(F)c4)o3)cc2)CC(C)O1. The molecule has 10 heteroatoms. The Bertz CT molecular complexity index is 1060. The first-order valence-corrected chi connectivity index (χ1v) is 9.75. The summed E-state index contributed by atoms with van der Waals surface area (Å²) < 4.78 is 37.3. The molecule has 1 aromatic heterocycles. The number of hydrogen-bond donors (Lipinski definition) is 2. The summed E-state index contributed by atoms with van der Waals surface area (Å²) in [6.45, 7) is 5.67. The van der Waals surface area contributed by atoms with Crippen molar-refractivity contribution in [1.82, 2.24) is 10.2 Å². The molecular weight excluding hydrogens is 408 g/mol. The van der Waals surface area contributed by atoms with Crippen molar-refractivity contribution in [2.45, 2.75) is 26.1 Å². The van der Waals surface area contributed by atoms with Gasteiger partial charge in [-0.3, -0.25) is 4.79 Å². The number of hydrogen-bond acceptors (Lipinski definition) is 7. The Labute approximate surface area is 177 Å². The number of carbonyl (C=O) groups is 1. The van der Waals surface area contributed by atoms with Crippen LogP contribution in [-0.2, 0) is 4.74 Å². The Morgan fingerprint density at radius 2 is 1.68 bits per heavy atom. The van der Waals surface area contributed by atoms with Crippen LogP contribution in [-0.4, -0.2) is 41.4 Å². The number of nitrogens with one attached hydrogen (secondary N) is 2. The lowest BCUT2D eigenvalue weighted by Crippen LogP contribution is -2.45. The van der Waals surface area contributed by atoms with Gasteiger partial charge in [-0.2, -0.15) is 0 Å². The summed E-state index contributed by atoms with van der Waals surface area (Å²) in [4.78, 5) is 14.6. The van der Waals surface area contributed by atoms with Crippen molar-refractivity contribution in [2.24, 2.45) is 0 Å². The third-order valence-electron chi connectivity index (χ3n) is 4.70. The molecule has 0 saturated carbocycles. The van der Waals surface area contributed by atoms with E-state index in [0.29, 0.717) is 5.69 Å². The van der Waals surface area contributed by atoms with E-state index in [4.69, 9.17) is 9.15 Å². The number of amides is 1. The molecule has 1 aliphatic heterocycles. The summed E-state index contributed by atoms with van der Waals surface area (Å²) in [6.07, 6.45) is 0.296. The Morgan fingerprint density at radius 3 is 2.35 bits per heavy atom. The summed E-state index contributed by atoms with van der Waals surface area (Å²) in [6, 6.07) is 10.5. The number of anilines is 4. The maximum atomic E-state index is 13.3. The zero-order valence-electron chi connectivity index (χ0n) is 16.9. The number of halogens is 2. The fourth-order valence-corrected chi connectivity index (χ4v) is 3.39. The van der Waals surface area contributed by atoms with Gasteiger partial charge in [-0.25, -0.2) is 8.78 Å². The highest BCUT2D eigenvalue weighted by Gasteiger charge is 2.22. The minimum absolute atomic E-state index is 0.123. The van der Waals surface area contributed by atoms with Gasteiger partial charge in [0.1, 0.15) is 0 Å². The van der Waals surface area contributed by atoms with Crippen LogP contribution in [0.5, 0.6) is 0 Å². The van der Waals surface area contributed by atoms with Crippen molar-refractivity contribution in [3.63, 3.8) is 0 Å². The molecular formula is C21H21F2N5O3. The standard InChI is InChI=1S/C21H21F2N5O3/c1-12-10-28(11-13(2)30-12)16-6-3-14(4-7-16)24-19(29)20-26-27-21(31-20)25-15-5-8-17(22)18(23)9-15/h3-9,12-13H,10-11H2,1-2H3,(H,24,29)(H,25,27). The normalized spacial score (nSPS) is 18.6. The number of ether oxygens (including phenoxy) is 1. The highest BCUT2D eigenvalue weighted by Crippen LogP contribution is 2.23. The lowest BCUT2D eigenvalue weighted by Gasteiger charge is -2.36. The van der Waals surface area contributed by atoms with Gasteiger partial charge in [0, 0.05) is 36.2 Å². The quantitative estimate of drug-likeness (QED) is 0.634. The smallest absolute Gasteiger partial charge is 0.320 e. The molecule has 0 bridgehead atoms. The molecule has 1 amide bonds.